The number of hydrogen-bond acceptors (Lipinski definition) is 13. The van der Waals surface area contributed by atoms with Crippen LogP contribution in [0.4, 0.5) is 26.3 Å². The molecule has 0 N–H and O–H groups in total. The van der Waals surface area contributed by atoms with Crippen molar-refractivity contribution in [3.8, 4) is 176 Å². The van der Waals surface area contributed by atoms with E-state index in [0.29, 0.717) is 165 Å². The molecule has 0 saturated carbocycles. The first kappa shape index (κ1) is 76.4. The normalized spacial score (nSPS) is 11.7. The van der Waals surface area contributed by atoms with Gasteiger partial charge >= 0.3 is 12.4 Å². The van der Waals surface area contributed by atoms with Gasteiger partial charge in [0.15, 0.2) is 69.9 Å². The van der Waals surface area contributed by atoms with Crippen molar-refractivity contribution in [3.63, 3.8) is 0 Å². The molecule has 0 radical (unpaired) electrons. The molecule has 126 heavy (non-hydrogen) atoms. The first-order valence-corrected chi connectivity index (χ1v) is 40.3. The second kappa shape index (κ2) is 31.5. The van der Waals surface area contributed by atoms with Gasteiger partial charge < -0.3 is 9.13 Å². The lowest BCUT2D eigenvalue weighted by Crippen LogP contribution is -2.14. The Morgan fingerprint density at radius 2 is 0.421 bits per heavy atom. The number of nitrogens with zero attached hydrogens (tertiary/aromatic N) is 15. The van der Waals surface area contributed by atoms with Crippen molar-refractivity contribution in [2.75, 3.05) is 0 Å². The minimum atomic E-state index is -5.28. The molecular formula is C105H61F6N15. The van der Waals surface area contributed by atoms with E-state index in [2.05, 4.69) is 6.07 Å². The summed E-state index contributed by atoms with van der Waals surface area (Å²) in [5.74, 6) is 4.56. The molecule has 21 aromatic rings. The van der Waals surface area contributed by atoms with Gasteiger partial charge in [0.1, 0.15) is 0 Å². The number of benzene rings is 15. The maximum absolute atomic E-state index is 16.0. The molecular weight excluding hydrogens is 1590 g/mol. The maximum atomic E-state index is 16.0. The molecule has 15 aromatic carbocycles. The van der Waals surface area contributed by atoms with Gasteiger partial charge in [-0.05, 0) is 109 Å². The Hall–Kier alpha value is -17.0. The highest BCUT2D eigenvalue weighted by atomic mass is 19.4. The summed E-state index contributed by atoms with van der Waals surface area (Å²) in [6.07, 6.45) is -10.6. The van der Waals surface area contributed by atoms with E-state index in [-0.39, 0.29) is 11.3 Å². The molecule has 0 atom stereocenters. The van der Waals surface area contributed by atoms with Crippen LogP contribution in [0.15, 0.2) is 370 Å². The molecule has 21 rings (SSSR count). The first-order valence-electron chi connectivity index (χ1n) is 40.3. The van der Waals surface area contributed by atoms with Gasteiger partial charge in [-0.2, -0.15) is 31.6 Å². The van der Waals surface area contributed by atoms with Crippen LogP contribution in [0.25, 0.3) is 214 Å². The Bertz CT molecular complexity index is 7220. The van der Waals surface area contributed by atoms with Crippen LogP contribution in [0, 0.1) is 11.3 Å². The Labute approximate surface area is 715 Å². The van der Waals surface area contributed by atoms with Crippen LogP contribution in [0.3, 0.4) is 0 Å². The molecule has 0 amide bonds. The minimum Gasteiger partial charge on any atom is -0.309 e. The lowest BCUT2D eigenvalue weighted by molar-refractivity contribution is -0.142. The van der Waals surface area contributed by atoms with Gasteiger partial charge in [-0.1, -0.05) is 267 Å². The highest BCUT2D eigenvalue weighted by molar-refractivity contribution is 6.14. The molecule has 0 saturated heterocycles. The number of fused-ring (bicyclic) bond motifs is 6. The van der Waals surface area contributed by atoms with Gasteiger partial charge in [0.2, 0.25) is 0 Å². The fraction of sp³-hybridized carbons (Fsp3) is 0.0190. The molecule has 0 aliphatic heterocycles. The lowest BCUT2D eigenvalue weighted by Gasteiger charge is -2.22. The van der Waals surface area contributed by atoms with Crippen molar-refractivity contribution in [1.29, 1.82) is 5.26 Å². The number of alkyl halides is 6. The van der Waals surface area contributed by atoms with Gasteiger partial charge in [-0.15, -0.1) is 0 Å². The van der Waals surface area contributed by atoms with Crippen molar-refractivity contribution in [3.05, 3.63) is 387 Å². The zero-order valence-electron chi connectivity index (χ0n) is 66.2. The average Bonchev–Trinajstić information content (AvgIpc) is 1.54. The van der Waals surface area contributed by atoms with Crippen LogP contribution in [0.2, 0.25) is 0 Å². The third kappa shape index (κ3) is 14.4. The van der Waals surface area contributed by atoms with Crippen LogP contribution in [0.1, 0.15) is 16.7 Å². The van der Waals surface area contributed by atoms with E-state index in [0.717, 1.165) is 50.6 Å². The molecule has 0 bridgehead atoms. The summed E-state index contributed by atoms with van der Waals surface area (Å²) in [7, 11) is 0. The molecule has 6 heterocycles. The SMILES string of the molecule is N#Cc1ccc(-c2ccc(-c3c(C(F)(F)F)cccc3C(F)(F)F)cc2-n2c3ccc(-c4nc(-c5ccccc5)nc(-c5ccccc5)n4)cc3c3cc(-c4nc(-c5ccccc5)nc(-c5ccccc5)n4)ccc32)c(-n2c3ccc(-c4nc(-c5ccccc5)nc(-c5ccccc5)n4)cc3c3cc(-c4nc(-c5ccccc5)nc(-c5ccccc5)n4)ccc32)c1. The predicted octanol–water partition coefficient (Wildman–Crippen LogP) is 25.9. The summed E-state index contributed by atoms with van der Waals surface area (Å²) < 4.78 is 99.6. The summed E-state index contributed by atoms with van der Waals surface area (Å²) in [4.78, 5) is 61.4. The molecule has 598 valence electrons. The van der Waals surface area contributed by atoms with Crippen molar-refractivity contribution < 1.29 is 26.3 Å². The van der Waals surface area contributed by atoms with Gasteiger partial charge in [0, 0.05) is 105 Å². The van der Waals surface area contributed by atoms with E-state index in [1.807, 2.05) is 325 Å². The summed E-state index contributed by atoms with van der Waals surface area (Å²) >= 11 is 0. The predicted molar refractivity (Wildman–Crippen MR) is 479 cm³/mol. The van der Waals surface area contributed by atoms with Gasteiger partial charge in [-0.3, -0.25) is 0 Å². The molecule has 0 spiro atoms. The third-order valence-corrected chi connectivity index (χ3v) is 22.2. The molecule has 0 aliphatic carbocycles. The van der Waals surface area contributed by atoms with E-state index < -0.39 is 34.6 Å². The number of hydrogen-bond donors (Lipinski definition) is 0. The summed E-state index contributed by atoms with van der Waals surface area (Å²) in [5, 5.41) is 13.7. The van der Waals surface area contributed by atoms with Crippen LogP contribution in [-0.2, 0) is 12.4 Å². The molecule has 0 aliphatic rings. The minimum absolute atomic E-state index is 0.140. The summed E-state index contributed by atoms with van der Waals surface area (Å²) in [6, 6.07) is 113. The standard InChI is InChI=1S/C105H61F6N15/c106-104(107,108)83-42-25-43-84(105(109,110)111)91(83)72-45-51-78(90(61-72)126-87-54-48-75(102-121-96(68-34-17-5-18-35-68)115-97(122-102)69-36-19-6-20-37-69)59-81(87)82-60-76(49-55-88(82)126)103-123-98(70-38-21-7-22-39-70)116-99(124-103)71-40-23-8-24-41-71)77-50-44-63(62-112)56-89(77)125-85-52-46-73(100-117-92(64-26-9-1-10-27-64)113-93(118-100)65-28-11-2-12-29-65)57-79(85)80-58-74(47-53-86(80)125)101-119-94(66-30-13-3-14-31-66)114-95(120-101)67-32-15-4-16-33-67/h1-61H. The van der Waals surface area contributed by atoms with Gasteiger partial charge in [0.05, 0.1) is 56.2 Å². The zero-order chi connectivity index (χ0) is 85.2. The topological polar surface area (TPSA) is 188 Å². The van der Waals surface area contributed by atoms with Crippen molar-refractivity contribution in [1.82, 2.24) is 68.9 Å². The third-order valence-electron chi connectivity index (χ3n) is 22.2. The quantitative estimate of drug-likeness (QED) is 0.0832. The van der Waals surface area contributed by atoms with E-state index in [1.165, 1.54) is 12.1 Å². The first-order chi connectivity index (χ1) is 61.6. The van der Waals surface area contributed by atoms with Crippen molar-refractivity contribution in [2.24, 2.45) is 0 Å². The van der Waals surface area contributed by atoms with Crippen molar-refractivity contribution in [2.45, 2.75) is 12.4 Å². The number of halogens is 6. The summed E-state index contributed by atoms with van der Waals surface area (Å²) in [5.41, 5.74) is 7.26. The zero-order valence-corrected chi connectivity index (χ0v) is 66.2. The fourth-order valence-electron chi connectivity index (χ4n) is 16.3. The number of aromatic nitrogens is 14. The van der Waals surface area contributed by atoms with Gasteiger partial charge in [-0.25, -0.2) is 59.8 Å². The van der Waals surface area contributed by atoms with E-state index in [1.54, 1.807) is 24.3 Å². The van der Waals surface area contributed by atoms with E-state index in [9.17, 15) is 5.26 Å². The molecule has 15 nitrogen and oxygen atoms in total. The highest BCUT2D eigenvalue weighted by Crippen LogP contribution is 2.50. The summed E-state index contributed by atoms with van der Waals surface area (Å²) in [6.45, 7) is 0. The lowest BCUT2D eigenvalue weighted by atomic mass is 9.90. The second-order valence-electron chi connectivity index (χ2n) is 30.1. The Morgan fingerprint density at radius 3 is 0.651 bits per heavy atom. The number of nitriles is 1. The molecule has 21 heteroatoms. The number of rotatable bonds is 16. The average molecular weight is 1650 g/mol. The Balaban J connectivity index is 0.847. The van der Waals surface area contributed by atoms with Gasteiger partial charge in [0.25, 0.3) is 0 Å². The van der Waals surface area contributed by atoms with E-state index >= 15 is 26.3 Å². The highest BCUT2D eigenvalue weighted by Gasteiger charge is 2.42. The second-order valence-corrected chi connectivity index (χ2v) is 30.1. The van der Waals surface area contributed by atoms with Crippen molar-refractivity contribution >= 4 is 43.6 Å². The molecule has 0 fully saturated rings. The van der Waals surface area contributed by atoms with Crippen LogP contribution in [-0.4, -0.2) is 68.9 Å². The van der Waals surface area contributed by atoms with Crippen LogP contribution >= 0.6 is 0 Å². The monoisotopic (exact) mass is 1650 g/mol. The van der Waals surface area contributed by atoms with E-state index in [4.69, 9.17) is 59.8 Å². The molecule has 6 aromatic heterocycles. The largest absolute Gasteiger partial charge is 0.417 e. The van der Waals surface area contributed by atoms with Crippen LogP contribution < -0.4 is 0 Å². The smallest absolute Gasteiger partial charge is 0.309 e. The fourth-order valence-corrected chi connectivity index (χ4v) is 16.3. The Kier molecular flexibility index (Phi) is 19.1. The maximum Gasteiger partial charge on any atom is 0.417 e. The van der Waals surface area contributed by atoms with Crippen LogP contribution in [0.5, 0.6) is 0 Å². The molecule has 0 unspecified atom stereocenters. The Morgan fingerprint density at radius 1 is 0.206 bits per heavy atom.